The molecular weight excluding hydrogens is 480 g/mol. The molecule has 6 bridgehead atoms. The predicted octanol–water partition coefficient (Wildman–Crippen LogP) is -1.35. The third-order valence-corrected chi connectivity index (χ3v) is 8.89. The van der Waals surface area contributed by atoms with E-state index in [9.17, 15) is 30.3 Å². The summed E-state index contributed by atoms with van der Waals surface area (Å²) in [5, 5.41) is 51.8. The summed E-state index contributed by atoms with van der Waals surface area (Å²) in [6, 6.07) is 6.41. The van der Waals surface area contributed by atoms with Crippen molar-refractivity contribution in [2.75, 3.05) is 20.3 Å². The average molecular weight is 510 g/mol. The summed E-state index contributed by atoms with van der Waals surface area (Å²) < 4.78 is 34.9. The highest BCUT2D eigenvalue weighted by Gasteiger charge is 2.94. The number of rotatable bonds is 7. The number of hydrogen-bond acceptors (Lipinski definition) is 12. The van der Waals surface area contributed by atoms with Gasteiger partial charge >= 0.3 is 5.97 Å². The zero-order valence-electron chi connectivity index (χ0n) is 19.8. The van der Waals surface area contributed by atoms with Crippen LogP contribution >= 0.6 is 0 Å². The molecule has 4 saturated heterocycles. The van der Waals surface area contributed by atoms with Gasteiger partial charge in [-0.25, -0.2) is 4.79 Å². The summed E-state index contributed by atoms with van der Waals surface area (Å²) in [5.41, 5.74) is -3.12. The van der Waals surface area contributed by atoms with Gasteiger partial charge in [-0.1, -0.05) is 0 Å². The van der Waals surface area contributed by atoms with Gasteiger partial charge in [0, 0.05) is 12.3 Å². The molecule has 3 saturated carbocycles. The molecule has 5 N–H and O–H groups in total. The molecule has 0 spiro atoms. The van der Waals surface area contributed by atoms with E-state index in [0.717, 1.165) is 0 Å². The molecule has 3 aliphatic carbocycles. The van der Waals surface area contributed by atoms with E-state index in [1.807, 2.05) is 0 Å². The highest BCUT2D eigenvalue weighted by Crippen LogP contribution is 2.81. The fourth-order valence-corrected chi connectivity index (χ4v) is 7.03. The summed E-state index contributed by atoms with van der Waals surface area (Å²) in [7, 11) is 1.52. The molecule has 11 atom stereocenters. The molecule has 0 amide bonds. The maximum Gasteiger partial charge on any atom is 0.338 e. The van der Waals surface area contributed by atoms with E-state index in [0.29, 0.717) is 11.3 Å². The number of carbonyl (C=O) groups is 1. The quantitative estimate of drug-likeness (QED) is 0.273. The van der Waals surface area contributed by atoms with E-state index >= 15 is 0 Å². The summed E-state index contributed by atoms with van der Waals surface area (Å²) in [6.45, 7) is 0.937. The maximum atomic E-state index is 12.9. The summed E-state index contributed by atoms with van der Waals surface area (Å²) in [6.07, 6.45) is -7.99. The number of aliphatic hydroxyl groups excluding tert-OH is 4. The second kappa shape index (κ2) is 7.82. The fourth-order valence-electron chi connectivity index (χ4n) is 7.03. The molecule has 4 aliphatic heterocycles. The van der Waals surface area contributed by atoms with Gasteiger partial charge < -0.3 is 54.0 Å². The fraction of sp³-hybridized carbons (Fsp3) is 0.708. The van der Waals surface area contributed by atoms with Crippen LogP contribution in [0.25, 0.3) is 0 Å². The van der Waals surface area contributed by atoms with Crippen molar-refractivity contribution in [3.8, 4) is 5.75 Å². The first-order valence-corrected chi connectivity index (χ1v) is 11.9. The van der Waals surface area contributed by atoms with Crippen LogP contribution in [0.5, 0.6) is 5.75 Å². The zero-order valence-corrected chi connectivity index (χ0v) is 19.8. The van der Waals surface area contributed by atoms with Crippen molar-refractivity contribution in [1.82, 2.24) is 0 Å². The predicted molar refractivity (Wildman–Crippen MR) is 115 cm³/mol. The van der Waals surface area contributed by atoms with Gasteiger partial charge in [-0.3, -0.25) is 0 Å². The van der Waals surface area contributed by atoms with Crippen LogP contribution in [0.2, 0.25) is 0 Å². The summed E-state index contributed by atoms with van der Waals surface area (Å²) in [4.78, 5) is 12.9. The van der Waals surface area contributed by atoms with Crippen molar-refractivity contribution >= 4 is 5.97 Å². The molecule has 1 aromatic carbocycles. The minimum Gasteiger partial charge on any atom is -0.497 e. The molecule has 36 heavy (non-hydrogen) atoms. The molecule has 1 aromatic rings. The lowest BCUT2D eigenvalue weighted by atomic mass is 9.41. The van der Waals surface area contributed by atoms with E-state index in [1.54, 1.807) is 31.2 Å². The number of aliphatic hydroxyl groups is 5. The minimum atomic E-state index is -1.63. The molecule has 4 heterocycles. The Kier molecular flexibility index (Phi) is 5.31. The van der Waals surface area contributed by atoms with E-state index in [-0.39, 0.29) is 19.4 Å². The van der Waals surface area contributed by atoms with Crippen molar-refractivity contribution < 1.29 is 58.7 Å². The Morgan fingerprint density at radius 1 is 1.11 bits per heavy atom. The van der Waals surface area contributed by atoms with Crippen LogP contribution in [0.15, 0.2) is 24.3 Å². The molecule has 7 aliphatic rings. The van der Waals surface area contributed by atoms with Crippen LogP contribution < -0.4 is 4.74 Å². The third-order valence-electron chi connectivity index (χ3n) is 8.89. The van der Waals surface area contributed by atoms with Crippen LogP contribution in [-0.4, -0.2) is 106 Å². The van der Waals surface area contributed by atoms with Gasteiger partial charge in [0.25, 0.3) is 0 Å². The van der Waals surface area contributed by atoms with Gasteiger partial charge in [-0.2, -0.15) is 0 Å². The highest BCUT2D eigenvalue weighted by molar-refractivity contribution is 5.89. The number of benzene rings is 1. The van der Waals surface area contributed by atoms with Crippen molar-refractivity contribution in [3.05, 3.63) is 29.8 Å². The SMILES string of the molecule is COc1ccc(C(=O)OCC23C4OC5(O)CC(C)(O4)C2(OC2OC(CO)C(O)C(O)C2O)CC53)cc1. The van der Waals surface area contributed by atoms with Crippen LogP contribution in [-0.2, 0) is 23.7 Å². The van der Waals surface area contributed by atoms with Crippen LogP contribution in [0.1, 0.15) is 30.1 Å². The number of ether oxygens (including phenoxy) is 6. The molecule has 12 heteroatoms. The smallest absolute Gasteiger partial charge is 0.338 e. The molecule has 198 valence electrons. The number of hydrogen-bond donors (Lipinski definition) is 5. The molecule has 7 fully saturated rings. The standard InChI is InChI=1S/C24H30O12/c1-21-9-23(30)14-7-24(21,34-19-17(28)16(27)15(26)13(8-25)33-19)22(14,20(35-21)36-23)10-32-18(29)11-3-5-12(31-2)6-4-11/h3-6,13-17,19-20,25-28,30H,7-10H2,1-2H3. The Bertz CT molecular complexity index is 1050. The maximum absolute atomic E-state index is 12.9. The van der Waals surface area contributed by atoms with Crippen molar-refractivity contribution in [2.24, 2.45) is 11.3 Å². The lowest BCUT2D eigenvalue weighted by Crippen LogP contribution is -2.80. The van der Waals surface area contributed by atoms with Crippen LogP contribution in [0.3, 0.4) is 0 Å². The van der Waals surface area contributed by atoms with Crippen molar-refractivity contribution in [3.63, 3.8) is 0 Å². The second-order valence-electron chi connectivity index (χ2n) is 10.6. The Morgan fingerprint density at radius 3 is 2.50 bits per heavy atom. The Labute approximate surface area is 206 Å². The molecule has 11 unspecified atom stereocenters. The van der Waals surface area contributed by atoms with Gasteiger partial charge in [0.05, 0.1) is 24.7 Å². The van der Waals surface area contributed by atoms with Gasteiger partial charge in [0.1, 0.15) is 48.0 Å². The van der Waals surface area contributed by atoms with Gasteiger partial charge in [-0.05, 0) is 37.6 Å². The van der Waals surface area contributed by atoms with Crippen molar-refractivity contribution in [2.45, 2.75) is 73.8 Å². The van der Waals surface area contributed by atoms with E-state index < -0.39 is 77.9 Å². The molecule has 0 radical (unpaired) electrons. The topological polar surface area (TPSA) is 174 Å². The molecule has 12 nitrogen and oxygen atoms in total. The summed E-state index contributed by atoms with van der Waals surface area (Å²) >= 11 is 0. The third kappa shape index (κ3) is 2.87. The van der Waals surface area contributed by atoms with Crippen LogP contribution in [0, 0.1) is 11.3 Å². The Morgan fingerprint density at radius 2 is 1.83 bits per heavy atom. The average Bonchev–Trinajstić information content (AvgIpc) is 3.05. The number of methoxy groups -OCH3 is 1. The summed E-state index contributed by atoms with van der Waals surface area (Å²) in [5.74, 6) is -2.00. The first-order chi connectivity index (χ1) is 17.0. The first kappa shape index (κ1) is 24.5. The van der Waals surface area contributed by atoms with Crippen LogP contribution in [0.4, 0.5) is 0 Å². The minimum absolute atomic E-state index is 0.0762. The monoisotopic (exact) mass is 510 g/mol. The van der Waals surface area contributed by atoms with Gasteiger partial charge in [0.15, 0.2) is 18.4 Å². The first-order valence-electron chi connectivity index (χ1n) is 11.9. The Hall–Kier alpha value is -1.87. The largest absolute Gasteiger partial charge is 0.497 e. The van der Waals surface area contributed by atoms with Gasteiger partial charge in [-0.15, -0.1) is 0 Å². The zero-order chi connectivity index (χ0) is 25.7. The normalized spacial score (nSPS) is 50.1. The Balaban J connectivity index is 1.29. The molecular formula is C24H30O12. The molecule has 0 aromatic heterocycles. The second-order valence-corrected chi connectivity index (χ2v) is 10.6. The van der Waals surface area contributed by atoms with Crippen molar-refractivity contribution in [1.29, 1.82) is 0 Å². The number of esters is 1. The molecule has 8 rings (SSSR count). The number of carbonyl (C=O) groups excluding carboxylic acids is 1. The lowest BCUT2D eigenvalue weighted by molar-refractivity contribution is -0.424. The lowest BCUT2D eigenvalue weighted by Gasteiger charge is -2.67. The highest BCUT2D eigenvalue weighted by atomic mass is 16.8. The van der Waals surface area contributed by atoms with E-state index in [1.165, 1.54) is 7.11 Å². The van der Waals surface area contributed by atoms with E-state index in [4.69, 9.17) is 28.4 Å². The van der Waals surface area contributed by atoms with E-state index in [2.05, 4.69) is 0 Å². The van der Waals surface area contributed by atoms with Gasteiger partial charge in [0.2, 0.25) is 0 Å².